The number of carbonyl (C=O) groups excluding carboxylic acids is 1. The van der Waals surface area contributed by atoms with Crippen molar-refractivity contribution < 1.29 is 4.79 Å². The van der Waals surface area contributed by atoms with Gasteiger partial charge in [-0.15, -0.1) is 0 Å². The molecule has 31 heavy (non-hydrogen) atoms. The molecule has 0 saturated carbocycles. The van der Waals surface area contributed by atoms with Gasteiger partial charge in [0.25, 0.3) is 5.91 Å². The van der Waals surface area contributed by atoms with Crippen LogP contribution in [0.3, 0.4) is 0 Å². The summed E-state index contributed by atoms with van der Waals surface area (Å²) in [5, 5.41) is 4.60. The molecule has 0 heterocycles. The van der Waals surface area contributed by atoms with Gasteiger partial charge in [0.15, 0.2) is 0 Å². The Morgan fingerprint density at radius 2 is 1.00 bits per heavy atom. The predicted molar refractivity (Wildman–Crippen MR) is 150 cm³/mol. The molecule has 0 bridgehead atoms. The van der Waals surface area contributed by atoms with Gasteiger partial charge in [-0.25, -0.2) is 0 Å². The van der Waals surface area contributed by atoms with Gasteiger partial charge in [-0.3, -0.25) is 4.79 Å². The first-order chi connectivity index (χ1) is 14.5. The summed E-state index contributed by atoms with van der Waals surface area (Å²) in [5.74, 6) is 0.316. The Morgan fingerprint density at radius 3 is 1.23 bits per heavy atom. The van der Waals surface area contributed by atoms with Crippen molar-refractivity contribution in [1.82, 2.24) is 4.90 Å². The zero-order chi connectivity index (χ0) is 24.0. The zero-order valence-corrected chi connectivity index (χ0v) is 25.7. The number of rotatable bonds is 12. The summed E-state index contributed by atoms with van der Waals surface area (Å²) in [4.78, 5) is 16.3. The van der Waals surface area contributed by atoms with E-state index in [-0.39, 0.29) is 0 Å². The topological polar surface area (TPSA) is 20.3 Å². The minimum atomic E-state index is -1.73. The van der Waals surface area contributed by atoms with Gasteiger partial charge in [-0.2, -0.15) is 0 Å². The van der Waals surface area contributed by atoms with Gasteiger partial charge in [-0.1, -0.05) is 115 Å². The summed E-state index contributed by atoms with van der Waals surface area (Å²) in [7, 11) is -4.98. The molecule has 1 aromatic carbocycles. The molecule has 0 unspecified atom stereocenters. The summed E-state index contributed by atoms with van der Waals surface area (Å²) in [5.41, 5.74) is 1.17. The molecular weight excluding hydrogens is 427 g/mol. The van der Waals surface area contributed by atoms with Crippen molar-refractivity contribution in [2.45, 2.75) is 111 Å². The van der Waals surface area contributed by atoms with Gasteiger partial charge >= 0.3 is 0 Å². The van der Waals surface area contributed by atoms with E-state index in [0.29, 0.717) is 5.91 Å². The van der Waals surface area contributed by atoms with Gasteiger partial charge in [0, 0.05) is 18.7 Å². The number of nitrogens with zero attached hydrogens (tertiary/aromatic N) is 1. The van der Waals surface area contributed by atoms with Crippen LogP contribution < -0.4 is 15.6 Å². The Labute approximate surface area is 197 Å². The van der Waals surface area contributed by atoms with Gasteiger partial charge in [0.1, 0.15) is 0 Å². The maximum atomic E-state index is 14.2. The highest BCUT2D eigenvalue weighted by molar-refractivity contribution is 6.97. The van der Waals surface area contributed by atoms with E-state index in [4.69, 9.17) is 0 Å². The van der Waals surface area contributed by atoms with Crippen LogP contribution in [0.2, 0.25) is 55.9 Å². The zero-order valence-electron chi connectivity index (χ0n) is 22.7. The first-order valence-electron chi connectivity index (χ1n) is 13.0. The fraction of sp³-hybridized carbons (Fsp3) is 0.731. The number of hydrogen-bond acceptors (Lipinski definition) is 1. The van der Waals surface area contributed by atoms with Gasteiger partial charge < -0.3 is 4.90 Å². The van der Waals surface area contributed by atoms with Crippen LogP contribution in [0.25, 0.3) is 0 Å². The molecule has 0 saturated heterocycles. The highest BCUT2D eigenvalue weighted by Crippen LogP contribution is 2.27. The molecule has 1 aromatic rings. The van der Waals surface area contributed by atoms with Crippen molar-refractivity contribution in [3.63, 3.8) is 0 Å². The van der Waals surface area contributed by atoms with E-state index in [1.807, 2.05) is 0 Å². The standard InChI is InChI=1S/C26H51NOSi3/c1-12-27(13-2)26(28)25-23(30(14-3,15-4)16-5)20-22(29(9,10)11)21-24(25)31(17-6,18-7)19-8/h20-21H,12-19H2,1-11H3. The normalized spacial score (nSPS) is 12.9. The monoisotopic (exact) mass is 477 g/mol. The van der Waals surface area contributed by atoms with Crippen molar-refractivity contribution in [2.24, 2.45) is 0 Å². The molecule has 0 aliphatic rings. The van der Waals surface area contributed by atoms with E-state index in [9.17, 15) is 4.79 Å². The lowest BCUT2D eigenvalue weighted by atomic mass is 10.2. The smallest absolute Gasteiger partial charge is 0.253 e. The maximum Gasteiger partial charge on any atom is 0.253 e. The molecule has 0 aliphatic heterocycles. The van der Waals surface area contributed by atoms with Crippen molar-refractivity contribution in [2.75, 3.05) is 13.1 Å². The minimum absolute atomic E-state index is 0.316. The van der Waals surface area contributed by atoms with Crippen LogP contribution in [0.1, 0.15) is 65.7 Å². The number of amides is 1. The van der Waals surface area contributed by atoms with E-state index in [1.165, 1.54) is 52.2 Å². The molecule has 0 aliphatic carbocycles. The van der Waals surface area contributed by atoms with E-state index in [1.54, 1.807) is 5.19 Å². The molecule has 2 nitrogen and oxygen atoms in total. The van der Waals surface area contributed by atoms with Gasteiger partial charge in [0.05, 0.1) is 24.2 Å². The van der Waals surface area contributed by atoms with Crippen molar-refractivity contribution in [3.05, 3.63) is 17.7 Å². The Bertz CT molecular complexity index is 669. The summed E-state index contributed by atoms with van der Waals surface area (Å²) >= 11 is 0. The van der Waals surface area contributed by atoms with Crippen molar-refractivity contribution >= 4 is 45.7 Å². The molecule has 0 radical (unpaired) electrons. The highest BCUT2D eigenvalue weighted by atomic mass is 28.3. The Balaban J connectivity index is 4.27. The van der Waals surface area contributed by atoms with Crippen LogP contribution >= 0.6 is 0 Å². The fourth-order valence-corrected chi connectivity index (χ4v) is 14.8. The quantitative estimate of drug-likeness (QED) is 0.331. The molecule has 0 spiro atoms. The third-order valence-electron chi connectivity index (χ3n) is 8.47. The van der Waals surface area contributed by atoms with Crippen LogP contribution in [0, 0.1) is 0 Å². The van der Waals surface area contributed by atoms with Crippen molar-refractivity contribution in [3.8, 4) is 0 Å². The van der Waals surface area contributed by atoms with Crippen LogP contribution in [0.4, 0.5) is 0 Å². The molecule has 0 fully saturated rings. The van der Waals surface area contributed by atoms with E-state index in [0.717, 1.165) is 13.1 Å². The molecule has 1 amide bonds. The molecular formula is C26H51NOSi3. The molecule has 0 aromatic heterocycles. The Kier molecular flexibility index (Phi) is 10.5. The summed E-state index contributed by atoms with van der Waals surface area (Å²) < 4.78 is 0. The molecule has 1 rings (SSSR count). The van der Waals surface area contributed by atoms with E-state index in [2.05, 4.69) is 92.1 Å². The predicted octanol–water partition coefficient (Wildman–Crippen LogP) is 6.14. The molecule has 178 valence electrons. The van der Waals surface area contributed by atoms with Crippen LogP contribution in [-0.4, -0.2) is 48.1 Å². The van der Waals surface area contributed by atoms with E-state index >= 15 is 0 Å². The van der Waals surface area contributed by atoms with Crippen molar-refractivity contribution in [1.29, 1.82) is 0 Å². The molecule has 0 N–H and O–H groups in total. The third-order valence-corrected chi connectivity index (χ3v) is 21.7. The first kappa shape index (κ1) is 28.4. The fourth-order valence-electron chi connectivity index (χ4n) is 5.45. The largest absolute Gasteiger partial charge is 0.339 e. The average molecular weight is 478 g/mol. The lowest BCUT2D eigenvalue weighted by molar-refractivity contribution is 0.0775. The molecule has 5 heteroatoms. The summed E-state index contributed by atoms with van der Waals surface area (Å²) in [6, 6.07) is 12.5. The number of carbonyl (C=O) groups is 1. The minimum Gasteiger partial charge on any atom is -0.339 e. The number of hydrogen-bond donors (Lipinski definition) is 0. The SMILES string of the molecule is CCN(CC)C(=O)c1c([Si](CC)(CC)CC)cc([Si](C)(C)C)cc1[Si](CC)(CC)CC. The molecule has 0 atom stereocenters. The second-order valence-electron chi connectivity index (χ2n) is 10.4. The van der Waals surface area contributed by atoms with Crippen LogP contribution in [0.5, 0.6) is 0 Å². The second-order valence-corrected chi connectivity index (χ2v) is 25.9. The third kappa shape index (κ3) is 5.47. The average Bonchev–Trinajstić information content (AvgIpc) is 2.77. The van der Waals surface area contributed by atoms with Gasteiger partial charge in [-0.05, 0) is 24.2 Å². The summed E-state index contributed by atoms with van der Waals surface area (Å²) in [6.45, 7) is 27.6. The van der Waals surface area contributed by atoms with Gasteiger partial charge in [0.2, 0.25) is 0 Å². The Morgan fingerprint density at radius 1 is 0.677 bits per heavy atom. The maximum absolute atomic E-state index is 14.2. The highest BCUT2D eigenvalue weighted by Gasteiger charge is 2.41. The van der Waals surface area contributed by atoms with Crippen LogP contribution in [0.15, 0.2) is 12.1 Å². The first-order valence-corrected chi connectivity index (χ1v) is 21.7. The summed E-state index contributed by atoms with van der Waals surface area (Å²) in [6.07, 6.45) is 0. The van der Waals surface area contributed by atoms with E-state index < -0.39 is 24.2 Å². The second kappa shape index (κ2) is 11.5. The lowest BCUT2D eigenvalue weighted by Gasteiger charge is -2.39. The van der Waals surface area contributed by atoms with Crippen LogP contribution in [-0.2, 0) is 0 Å². The number of benzene rings is 1. The lowest BCUT2D eigenvalue weighted by Crippen LogP contribution is -2.60. The Hall–Kier alpha value is -0.659.